The smallest absolute Gasteiger partial charge is 0.234 e. The monoisotopic (exact) mass is 286 g/mol. The van der Waals surface area contributed by atoms with Gasteiger partial charge in [0.25, 0.3) is 0 Å². The molecule has 0 unspecified atom stereocenters. The van der Waals surface area contributed by atoms with Crippen molar-refractivity contribution in [2.24, 2.45) is 0 Å². The van der Waals surface area contributed by atoms with E-state index in [4.69, 9.17) is 10.2 Å². The van der Waals surface area contributed by atoms with Gasteiger partial charge in [0.05, 0.1) is 13.2 Å². The fourth-order valence-corrected chi connectivity index (χ4v) is 2.78. The second kappa shape index (κ2) is 11.1. The lowest BCUT2D eigenvalue weighted by molar-refractivity contribution is -0.123. The standard InChI is InChI=1S/C15H30N2O3/c18-11-6-9-17(10-12-19)13-15(20)16-14-7-4-2-1-3-5-8-14/h14,18-19H,1-13H2,(H,16,20). The Morgan fingerprint density at radius 2 is 1.65 bits per heavy atom. The molecule has 0 bridgehead atoms. The fourth-order valence-electron chi connectivity index (χ4n) is 2.78. The first-order chi connectivity index (χ1) is 9.76. The van der Waals surface area contributed by atoms with Crippen molar-refractivity contribution in [3.8, 4) is 0 Å². The van der Waals surface area contributed by atoms with Crippen molar-refractivity contribution in [3.63, 3.8) is 0 Å². The van der Waals surface area contributed by atoms with Gasteiger partial charge in [-0.2, -0.15) is 0 Å². The Bertz CT molecular complexity index is 245. The molecule has 0 atom stereocenters. The van der Waals surface area contributed by atoms with E-state index in [2.05, 4.69) is 5.32 Å². The number of aliphatic hydroxyl groups excluding tert-OH is 2. The zero-order chi connectivity index (χ0) is 14.6. The second-order valence-corrected chi connectivity index (χ2v) is 5.69. The molecule has 1 aliphatic carbocycles. The number of carbonyl (C=O) groups excluding carboxylic acids is 1. The van der Waals surface area contributed by atoms with Gasteiger partial charge in [0.15, 0.2) is 0 Å². The van der Waals surface area contributed by atoms with Crippen LogP contribution in [-0.4, -0.2) is 59.9 Å². The van der Waals surface area contributed by atoms with E-state index >= 15 is 0 Å². The molecule has 5 heteroatoms. The van der Waals surface area contributed by atoms with Crippen LogP contribution in [0, 0.1) is 0 Å². The molecule has 0 aromatic carbocycles. The second-order valence-electron chi connectivity index (χ2n) is 5.69. The molecule has 1 amide bonds. The summed E-state index contributed by atoms with van der Waals surface area (Å²) < 4.78 is 0. The summed E-state index contributed by atoms with van der Waals surface area (Å²) in [5, 5.41) is 21.0. The van der Waals surface area contributed by atoms with Crippen LogP contribution in [-0.2, 0) is 4.79 Å². The van der Waals surface area contributed by atoms with Crippen molar-refractivity contribution < 1.29 is 15.0 Å². The Labute approximate surface area is 122 Å². The predicted octanol–water partition coefficient (Wildman–Crippen LogP) is 0.892. The summed E-state index contributed by atoms with van der Waals surface area (Å²) in [6.07, 6.45) is 9.10. The van der Waals surface area contributed by atoms with Gasteiger partial charge in [0.2, 0.25) is 5.91 Å². The highest BCUT2D eigenvalue weighted by Gasteiger charge is 2.16. The van der Waals surface area contributed by atoms with E-state index in [1.807, 2.05) is 4.90 Å². The number of aliphatic hydroxyl groups is 2. The molecule has 20 heavy (non-hydrogen) atoms. The maximum Gasteiger partial charge on any atom is 0.234 e. The maximum absolute atomic E-state index is 12.1. The van der Waals surface area contributed by atoms with Crippen LogP contribution in [0.1, 0.15) is 51.4 Å². The number of hydrogen-bond donors (Lipinski definition) is 3. The summed E-state index contributed by atoms with van der Waals surface area (Å²) in [5.41, 5.74) is 0. The van der Waals surface area contributed by atoms with Crippen LogP contribution in [0.3, 0.4) is 0 Å². The molecule has 1 aliphatic rings. The topological polar surface area (TPSA) is 72.8 Å². The highest BCUT2D eigenvalue weighted by molar-refractivity contribution is 5.78. The average Bonchev–Trinajstić information content (AvgIpc) is 2.39. The summed E-state index contributed by atoms with van der Waals surface area (Å²) in [4.78, 5) is 14.0. The molecule has 0 aromatic heterocycles. The Morgan fingerprint density at radius 1 is 1.00 bits per heavy atom. The molecule has 0 aromatic rings. The third-order valence-electron chi connectivity index (χ3n) is 3.89. The summed E-state index contributed by atoms with van der Waals surface area (Å²) in [7, 11) is 0. The van der Waals surface area contributed by atoms with Gasteiger partial charge in [0.1, 0.15) is 0 Å². The summed E-state index contributed by atoms with van der Waals surface area (Å²) in [5.74, 6) is 0.0435. The highest BCUT2D eigenvalue weighted by Crippen LogP contribution is 2.16. The first-order valence-electron chi connectivity index (χ1n) is 7.99. The Hall–Kier alpha value is -0.650. The van der Waals surface area contributed by atoms with Gasteiger partial charge in [-0.3, -0.25) is 9.69 Å². The number of hydrogen-bond acceptors (Lipinski definition) is 4. The Balaban J connectivity index is 2.30. The largest absolute Gasteiger partial charge is 0.396 e. The van der Waals surface area contributed by atoms with Crippen molar-refractivity contribution in [3.05, 3.63) is 0 Å². The van der Waals surface area contributed by atoms with Crippen LogP contribution in [0.2, 0.25) is 0 Å². The van der Waals surface area contributed by atoms with E-state index in [0.29, 0.717) is 32.1 Å². The van der Waals surface area contributed by atoms with Crippen LogP contribution in [0.25, 0.3) is 0 Å². The number of carbonyl (C=O) groups is 1. The zero-order valence-corrected chi connectivity index (χ0v) is 12.5. The van der Waals surface area contributed by atoms with Gasteiger partial charge in [0, 0.05) is 25.7 Å². The van der Waals surface area contributed by atoms with Gasteiger partial charge >= 0.3 is 0 Å². The predicted molar refractivity (Wildman–Crippen MR) is 79.5 cm³/mol. The lowest BCUT2D eigenvalue weighted by Crippen LogP contribution is -2.43. The first-order valence-corrected chi connectivity index (χ1v) is 7.99. The van der Waals surface area contributed by atoms with Crippen LogP contribution >= 0.6 is 0 Å². The molecule has 0 aliphatic heterocycles. The number of rotatable bonds is 8. The SMILES string of the molecule is O=C(CN(CCO)CCCO)NC1CCCCCCC1. The van der Waals surface area contributed by atoms with Crippen molar-refractivity contribution in [1.29, 1.82) is 0 Å². The molecule has 0 saturated heterocycles. The summed E-state index contributed by atoms with van der Waals surface area (Å²) >= 11 is 0. The lowest BCUT2D eigenvalue weighted by Gasteiger charge is -2.24. The number of amides is 1. The normalized spacial score (nSPS) is 17.8. The summed E-state index contributed by atoms with van der Waals surface area (Å²) in [6, 6.07) is 0.316. The number of nitrogens with zero attached hydrogens (tertiary/aromatic N) is 1. The third kappa shape index (κ3) is 7.82. The van der Waals surface area contributed by atoms with E-state index in [9.17, 15) is 4.79 Å². The molecule has 0 radical (unpaired) electrons. The van der Waals surface area contributed by atoms with E-state index in [1.165, 1.54) is 32.1 Å². The van der Waals surface area contributed by atoms with Crippen molar-refractivity contribution in [2.75, 3.05) is 32.8 Å². The summed E-state index contributed by atoms with van der Waals surface area (Å²) in [6.45, 7) is 1.61. The number of nitrogens with one attached hydrogen (secondary N) is 1. The zero-order valence-electron chi connectivity index (χ0n) is 12.5. The molecule has 1 fully saturated rings. The molecule has 5 nitrogen and oxygen atoms in total. The van der Waals surface area contributed by atoms with Crippen molar-refractivity contribution in [2.45, 2.75) is 57.4 Å². The quantitative estimate of drug-likeness (QED) is 0.620. The van der Waals surface area contributed by atoms with Crippen LogP contribution < -0.4 is 5.32 Å². The first kappa shape index (κ1) is 17.4. The maximum atomic E-state index is 12.1. The molecule has 3 N–H and O–H groups in total. The van der Waals surface area contributed by atoms with Gasteiger partial charge in [-0.05, 0) is 19.3 Å². The molecule has 118 valence electrons. The van der Waals surface area contributed by atoms with Crippen molar-refractivity contribution >= 4 is 5.91 Å². The van der Waals surface area contributed by atoms with Crippen molar-refractivity contribution in [1.82, 2.24) is 10.2 Å². The Kier molecular flexibility index (Phi) is 9.62. The molecule has 1 saturated carbocycles. The van der Waals surface area contributed by atoms with Crippen LogP contribution in [0.5, 0.6) is 0 Å². The fraction of sp³-hybridized carbons (Fsp3) is 0.933. The van der Waals surface area contributed by atoms with Crippen LogP contribution in [0.15, 0.2) is 0 Å². The Morgan fingerprint density at radius 3 is 2.25 bits per heavy atom. The van der Waals surface area contributed by atoms with Gasteiger partial charge in [-0.1, -0.05) is 32.1 Å². The minimum Gasteiger partial charge on any atom is -0.396 e. The van der Waals surface area contributed by atoms with Gasteiger partial charge < -0.3 is 15.5 Å². The van der Waals surface area contributed by atoms with E-state index in [-0.39, 0.29) is 19.1 Å². The van der Waals surface area contributed by atoms with E-state index in [0.717, 1.165) is 12.8 Å². The average molecular weight is 286 g/mol. The van der Waals surface area contributed by atoms with Crippen LogP contribution in [0.4, 0.5) is 0 Å². The lowest BCUT2D eigenvalue weighted by atomic mass is 9.97. The molecule has 1 rings (SSSR count). The molecule has 0 spiro atoms. The molecular formula is C15H30N2O3. The van der Waals surface area contributed by atoms with E-state index < -0.39 is 0 Å². The highest BCUT2D eigenvalue weighted by atomic mass is 16.3. The molecular weight excluding hydrogens is 256 g/mol. The van der Waals surface area contributed by atoms with Gasteiger partial charge in [-0.25, -0.2) is 0 Å². The molecule has 0 heterocycles. The minimum atomic E-state index is 0.0435. The third-order valence-corrected chi connectivity index (χ3v) is 3.89. The minimum absolute atomic E-state index is 0.0435. The van der Waals surface area contributed by atoms with Gasteiger partial charge in [-0.15, -0.1) is 0 Å². The van der Waals surface area contributed by atoms with E-state index in [1.54, 1.807) is 0 Å².